The average molecular weight is 470 g/mol. The highest BCUT2D eigenvalue weighted by Crippen LogP contribution is 2.35. The number of tetrazole rings is 1. The van der Waals surface area contributed by atoms with Crippen molar-refractivity contribution in [3.63, 3.8) is 0 Å². The number of benzene rings is 2. The Balaban J connectivity index is 1.55. The van der Waals surface area contributed by atoms with Gasteiger partial charge in [-0.25, -0.2) is 13.9 Å². The standard InChI is InChI=1S/C20H14ClF2N9O/c21-12-4-2-1-3-11(12)17-16-18(24-8-7-15-27-31-32-28-15)25-20(26-19(16)30-29-17)33-14-6-5-10(22)9-13(14)23/h1-6,9H,7-8H2,(H,27,28,31,32)(H2,24,25,26,29,30). The highest BCUT2D eigenvalue weighted by molar-refractivity contribution is 6.33. The number of anilines is 1. The van der Waals surface area contributed by atoms with Crippen LogP contribution >= 0.6 is 11.6 Å². The second-order valence-corrected chi connectivity index (χ2v) is 7.24. The molecule has 0 saturated heterocycles. The summed E-state index contributed by atoms with van der Waals surface area (Å²) in [5, 5.41) is 25.0. The summed E-state index contributed by atoms with van der Waals surface area (Å²) in [6.07, 6.45) is 0.473. The number of aromatic nitrogens is 8. The first-order chi connectivity index (χ1) is 16.1. The molecule has 2 aromatic carbocycles. The van der Waals surface area contributed by atoms with Gasteiger partial charge in [0.2, 0.25) is 0 Å². The lowest BCUT2D eigenvalue weighted by Gasteiger charge is -2.10. The molecule has 5 rings (SSSR count). The van der Waals surface area contributed by atoms with Crippen LogP contribution in [0.3, 0.4) is 0 Å². The molecule has 0 spiro atoms. The number of halogens is 3. The Morgan fingerprint density at radius 2 is 1.94 bits per heavy atom. The zero-order valence-corrected chi connectivity index (χ0v) is 17.4. The summed E-state index contributed by atoms with van der Waals surface area (Å²) in [7, 11) is 0. The van der Waals surface area contributed by atoms with Crippen LogP contribution in [-0.2, 0) is 6.42 Å². The average Bonchev–Trinajstić information content (AvgIpc) is 3.46. The molecule has 5 aromatic rings. The Morgan fingerprint density at radius 1 is 1.06 bits per heavy atom. The fraction of sp³-hybridized carbons (Fsp3) is 0.100. The number of hydrogen-bond acceptors (Lipinski definition) is 8. The monoisotopic (exact) mass is 469 g/mol. The number of rotatable bonds is 7. The van der Waals surface area contributed by atoms with Crippen LogP contribution < -0.4 is 10.1 Å². The van der Waals surface area contributed by atoms with Crippen molar-refractivity contribution in [1.82, 2.24) is 40.8 Å². The molecule has 3 aromatic heterocycles. The molecule has 10 nitrogen and oxygen atoms in total. The second-order valence-electron chi connectivity index (χ2n) is 6.83. The van der Waals surface area contributed by atoms with Crippen LogP contribution in [0.25, 0.3) is 22.3 Å². The first-order valence-electron chi connectivity index (χ1n) is 9.69. The van der Waals surface area contributed by atoms with Crippen molar-refractivity contribution in [2.24, 2.45) is 0 Å². The van der Waals surface area contributed by atoms with Crippen LogP contribution in [0, 0.1) is 11.6 Å². The van der Waals surface area contributed by atoms with Gasteiger partial charge in [0.25, 0.3) is 0 Å². The third-order valence-electron chi connectivity index (χ3n) is 4.67. The molecular formula is C20H14ClF2N9O. The molecule has 3 heterocycles. The van der Waals surface area contributed by atoms with E-state index in [0.717, 1.165) is 12.1 Å². The molecule has 0 unspecified atom stereocenters. The van der Waals surface area contributed by atoms with Crippen molar-refractivity contribution in [1.29, 1.82) is 0 Å². The Kier molecular flexibility index (Phi) is 5.48. The molecule has 13 heteroatoms. The van der Waals surface area contributed by atoms with E-state index in [4.69, 9.17) is 16.3 Å². The van der Waals surface area contributed by atoms with Crippen molar-refractivity contribution in [3.8, 4) is 23.0 Å². The molecule has 0 fully saturated rings. The summed E-state index contributed by atoms with van der Waals surface area (Å²) in [5.41, 5.74) is 1.54. The third kappa shape index (κ3) is 4.28. The lowest BCUT2D eigenvalue weighted by atomic mass is 10.1. The summed E-state index contributed by atoms with van der Waals surface area (Å²) in [5.74, 6) is -0.879. The highest BCUT2D eigenvalue weighted by Gasteiger charge is 2.20. The summed E-state index contributed by atoms with van der Waals surface area (Å²) >= 11 is 6.37. The topological polar surface area (TPSA) is 130 Å². The summed E-state index contributed by atoms with van der Waals surface area (Å²) < 4.78 is 32.8. The van der Waals surface area contributed by atoms with Gasteiger partial charge in [0, 0.05) is 24.6 Å². The molecule has 0 atom stereocenters. The molecule has 0 aliphatic rings. The van der Waals surface area contributed by atoms with Gasteiger partial charge in [0.05, 0.1) is 10.4 Å². The molecule has 3 N–H and O–H groups in total. The first-order valence-corrected chi connectivity index (χ1v) is 10.1. The van der Waals surface area contributed by atoms with E-state index in [1.807, 2.05) is 18.2 Å². The van der Waals surface area contributed by atoms with Gasteiger partial charge >= 0.3 is 6.01 Å². The van der Waals surface area contributed by atoms with Gasteiger partial charge in [-0.05, 0) is 28.6 Å². The van der Waals surface area contributed by atoms with Crippen molar-refractivity contribution >= 4 is 28.5 Å². The number of H-pyrrole nitrogens is 2. The summed E-state index contributed by atoms with van der Waals surface area (Å²) in [4.78, 5) is 8.69. The van der Waals surface area contributed by atoms with Crippen LogP contribution in [0.5, 0.6) is 11.8 Å². The van der Waals surface area contributed by atoms with Crippen LogP contribution in [-0.4, -0.2) is 47.3 Å². The van der Waals surface area contributed by atoms with Gasteiger partial charge < -0.3 is 10.1 Å². The van der Waals surface area contributed by atoms with Gasteiger partial charge in [0.1, 0.15) is 23.2 Å². The first kappa shape index (κ1) is 20.7. The van der Waals surface area contributed by atoms with E-state index in [1.165, 1.54) is 0 Å². The van der Waals surface area contributed by atoms with Crippen molar-refractivity contribution in [2.75, 3.05) is 11.9 Å². The van der Waals surface area contributed by atoms with Crippen molar-refractivity contribution < 1.29 is 13.5 Å². The predicted molar refractivity (Wildman–Crippen MR) is 115 cm³/mol. The van der Waals surface area contributed by atoms with E-state index in [1.54, 1.807) is 6.07 Å². The maximum Gasteiger partial charge on any atom is 0.326 e. The van der Waals surface area contributed by atoms with Crippen LogP contribution in [0.1, 0.15) is 5.82 Å². The van der Waals surface area contributed by atoms with Crippen molar-refractivity contribution in [2.45, 2.75) is 6.42 Å². The minimum Gasteiger partial charge on any atom is -0.421 e. The number of aromatic amines is 2. The summed E-state index contributed by atoms with van der Waals surface area (Å²) in [6, 6.07) is 10.00. The maximum atomic E-state index is 14.1. The lowest BCUT2D eigenvalue weighted by molar-refractivity contribution is 0.410. The fourth-order valence-corrected chi connectivity index (χ4v) is 3.40. The van der Waals surface area contributed by atoms with E-state index in [2.05, 4.69) is 46.1 Å². The zero-order chi connectivity index (χ0) is 22.8. The second kappa shape index (κ2) is 8.74. The molecule has 0 aliphatic heterocycles. The molecule has 166 valence electrons. The quantitative estimate of drug-likeness (QED) is 0.327. The number of fused-ring (bicyclic) bond motifs is 1. The minimum atomic E-state index is -0.882. The van der Waals surface area contributed by atoms with E-state index in [0.29, 0.717) is 58.0 Å². The van der Waals surface area contributed by atoms with E-state index < -0.39 is 11.6 Å². The van der Waals surface area contributed by atoms with E-state index in [-0.39, 0.29) is 11.8 Å². The number of nitrogens with zero attached hydrogens (tertiary/aromatic N) is 6. The van der Waals surface area contributed by atoms with Gasteiger partial charge in [-0.1, -0.05) is 29.8 Å². The Labute approximate surface area is 189 Å². The highest BCUT2D eigenvalue weighted by atomic mass is 35.5. The lowest BCUT2D eigenvalue weighted by Crippen LogP contribution is -2.09. The molecule has 0 saturated carbocycles. The predicted octanol–water partition coefficient (Wildman–Crippen LogP) is 3.91. The van der Waals surface area contributed by atoms with Gasteiger partial charge in [-0.2, -0.15) is 15.1 Å². The number of nitrogens with one attached hydrogen (secondary N) is 3. The maximum absolute atomic E-state index is 14.1. The normalized spacial score (nSPS) is 11.1. The molecule has 0 aliphatic carbocycles. The molecule has 33 heavy (non-hydrogen) atoms. The van der Waals surface area contributed by atoms with Crippen molar-refractivity contribution in [3.05, 3.63) is 64.9 Å². The fourth-order valence-electron chi connectivity index (χ4n) is 3.17. The Bertz CT molecular complexity index is 1420. The van der Waals surface area contributed by atoms with Crippen LogP contribution in [0.2, 0.25) is 5.02 Å². The van der Waals surface area contributed by atoms with E-state index in [9.17, 15) is 8.78 Å². The largest absolute Gasteiger partial charge is 0.421 e. The zero-order valence-electron chi connectivity index (χ0n) is 16.7. The number of ether oxygens (including phenoxy) is 1. The Hall–Kier alpha value is -4.19. The molecule has 0 bridgehead atoms. The number of hydrogen-bond donors (Lipinski definition) is 3. The SMILES string of the molecule is Fc1ccc(Oc2nc(NCCc3nnn[nH]3)c3c(-c4ccccc4Cl)n[nH]c3n2)c(F)c1. The van der Waals surface area contributed by atoms with Gasteiger partial charge in [-0.3, -0.25) is 5.10 Å². The van der Waals surface area contributed by atoms with E-state index >= 15 is 0 Å². The van der Waals surface area contributed by atoms with Gasteiger partial charge in [-0.15, -0.1) is 5.10 Å². The Morgan fingerprint density at radius 3 is 2.73 bits per heavy atom. The van der Waals surface area contributed by atoms with Crippen LogP contribution in [0.4, 0.5) is 14.6 Å². The third-order valence-corrected chi connectivity index (χ3v) is 5.00. The van der Waals surface area contributed by atoms with Gasteiger partial charge in [0.15, 0.2) is 17.2 Å². The smallest absolute Gasteiger partial charge is 0.326 e. The molecule has 0 amide bonds. The molecular weight excluding hydrogens is 456 g/mol. The summed E-state index contributed by atoms with van der Waals surface area (Å²) in [6.45, 7) is 0.403. The molecule has 0 radical (unpaired) electrons. The van der Waals surface area contributed by atoms with Crippen LogP contribution in [0.15, 0.2) is 42.5 Å². The minimum absolute atomic E-state index is 0.161.